The van der Waals surface area contributed by atoms with Crippen molar-refractivity contribution in [3.8, 4) is 17.2 Å². The van der Waals surface area contributed by atoms with E-state index >= 15 is 0 Å². The summed E-state index contributed by atoms with van der Waals surface area (Å²) >= 11 is 12.2. The topological polar surface area (TPSA) is 52.9 Å². The Bertz CT molecular complexity index is 966. The zero-order chi connectivity index (χ0) is 21.5. The molecule has 0 fully saturated rings. The standard InChI is InChI=1S/C15H5Cl2F7N2OS/c16-6-1-2-7(10(17)3-6)9-5-28-11(8(9)4-25)26-12(27)13(18,19)14(20,21)15(22,23)24/h1-3,5H,(H,26,27). The highest BCUT2D eigenvalue weighted by atomic mass is 35.5. The van der Waals surface area contributed by atoms with Crippen LogP contribution in [0.15, 0.2) is 23.6 Å². The van der Waals surface area contributed by atoms with Gasteiger partial charge in [-0.15, -0.1) is 11.3 Å². The molecular weight excluding hydrogens is 460 g/mol. The number of amides is 1. The second kappa shape index (κ2) is 7.42. The van der Waals surface area contributed by atoms with Gasteiger partial charge in [-0.05, 0) is 12.1 Å². The average Bonchev–Trinajstić information content (AvgIpc) is 2.95. The van der Waals surface area contributed by atoms with Gasteiger partial charge in [-0.25, -0.2) is 0 Å². The number of hydrogen-bond acceptors (Lipinski definition) is 3. The molecule has 0 aliphatic carbocycles. The van der Waals surface area contributed by atoms with Crippen molar-refractivity contribution in [2.45, 2.75) is 18.0 Å². The summed E-state index contributed by atoms with van der Waals surface area (Å²) in [7, 11) is 0. The van der Waals surface area contributed by atoms with Gasteiger partial charge in [-0.2, -0.15) is 36.0 Å². The largest absolute Gasteiger partial charge is 0.460 e. The van der Waals surface area contributed by atoms with Crippen molar-refractivity contribution in [1.29, 1.82) is 5.26 Å². The molecule has 150 valence electrons. The highest BCUT2D eigenvalue weighted by Gasteiger charge is 2.76. The van der Waals surface area contributed by atoms with Gasteiger partial charge in [-0.3, -0.25) is 4.79 Å². The molecule has 0 aliphatic rings. The van der Waals surface area contributed by atoms with Gasteiger partial charge in [-0.1, -0.05) is 29.3 Å². The van der Waals surface area contributed by atoms with Crippen LogP contribution >= 0.6 is 34.5 Å². The van der Waals surface area contributed by atoms with Gasteiger partial charge in [0.15, 0.2) is 0 Å². The predicted molar refractivity (Wildman–Crippen MR) is 89.1 cm³/mol. The van der Waals surface area contributed by atoms with E-state index in [0.717, 1.165) is 0 Å². The van der Waals surface area contributed by atoms with Crippen LogP contribution in [0.2, 0.25) is 10.0 Å². The minimum atomic E-state index is -6.66. The quantitative estimate of drug-likeness (QED) is 0.534. The number of nitrogens with one attached hydrogen (secondary N) is 1. The fraction of sp³-hybridized carbons (Fsp3) is 0.200. The van der Waals surface area contributed by atoms with E-state index < -0.39 is 34.5 Å². The summed E-state index contributed by atoms with van der Waals surface area (Å²) in [5.41, 5.74) is -0.212. The van der Waals surface area contributed by atoms with E-state index in [0.29, 0.717) is 11.3 Å². The van der Waals surface area contributed by atoms with E-state index in [-0.39, 0.29) is 21.2 Å². The molecule has 1 N–H and O–H groups in total. The van der Waals surface area contributed by atoms with E-state index in [9.17, 15) is 40.8 Å². The molecule has 13 heteroatoms. The maximum Gasteiger partial charge on any atom is 0.460 e. The van der Waals surface area contributed by atoms with Crippen LogP contribution in [0.4, 0.5) is 35.7 Å². The van der Waals surface area contributed by atoms with Crippen LogP contribution in [0.25, 0.3) is 11.1 Å². The SMILES string of the molecule is N#Cc1c(-c2ccc(Cl)cc2Cl)csc1NC(=O)C(F)(F)C(F)(F)C(F)(F)F. The maximum absolute atomic E-state index is 13.5. The first-order valence-corrected chi connectivity index (χ1v) is 8.48. The summed E-state index contributed by atoms with van der Waals surface area (Å²) in [6.07, 6.45) is -6.66. The number of rotatable bonds is 4. The number of hydrogen-bond donors (Lipinski definition) is 1. The number of thiophene rings is 1. The van der Waals surface area contributed by atoms with E-state index in [1.807, 2.05) is 0 Å². The Hall–Kier alpha value is -2.03. The van der Waals surface area contributed by atoms with E-state index in [2.05, 4.69) is 0 Å². The van der Waals surface area contributed by atoms with Gasteiger partial charge in [0.2, 0.25) is 0 Å². The molecule has 0 spiro atoms. The Labute approximate surface area is 166 Å². The van der Waals surface area contributed by atoms with E-state index in [1.165, 1.54) is 28.9 Å². The Balaban J connectivity index is 2.42. The summed E-state index contributed by atoms with van der Waals surface area (Å²) in [5.74, 6) is -15.6. The first kappa shape index (κ1) is 22.3. The zero-order valence-corrected chi connectivity index (χ0v) is 15.3. The molecule has 0 saturated carbocycles. The molecule has 0 atom stereocenters. The average molecular weight is 465 g/mol. The van der Waals surface area contributed by atoms with Gasteiger partial charge in [0.1, 0.15) is 11.1 Å². The molecule has 0 saturated heterocycles. The predicted octanol–water partition coefficient (Wildman–Crippen LogP) is 6.36. The number of carbonyl (C=O) groups excluding carboxylic acids is 1. The number of alkyl halides is 7. The Morgan fingerprint density at radius 1 is 1.07 bits per heavy atom. The van der Waals surface area contributed by atoms with Gasteiger partial charge >= 0.3 is 23.9 Å². The summed E-state index contributed by atoms with van der Waals surface area (Å²) < 4.78 is 89.4. The third kappa shape index (κ3) is 3.76. The molecule has 1 amide bonds. The lowest BCUT2D eigenvalue weighted by molar-refractivity contribution is -0.343. The monoisotopic (exact) mass is 464 g/mol. The zero-order valence-electron chi connectivity index (χ0n) is 13.0. The maximum atomic E-state index is 13.5. The highest BCUT2D eigenvalue weighted by Crippen LogP contribution is 2.47. The lowest BCUT2D eigenvalue weighted by Gasteiger charge is -2.26. The molecule has 1 aromatic carbocycles. The Morgan fingerprint density at radius 2 is 1.68 bits per heavy atom. The molecule has 0 aliphatic heterocycles. The minimum absolute atomic E-state index is 0.0374. The van der Waals surface area contributed by atoms with Crippen molar-refractivity contribution in [1.82, 2.24) is 0 Å². The van der Waals surface area contributed by atoms with Crippen molar-refractivity contribution in [3.05, 3.63) is 39.2 Å². The van der Waals surface area contributed by atoms with Gasteiger partial charge in [0, 0.05) is 26.6 Å². The molecule has 1 aromatic heterocycles. The molecule has 2 aromatic rings. The van der Waals surface area contributed by atoms with Crippen LogP contribution in [0.5, 0.6) is 0 Å². The highest BCUT2D eigenvalue weighted by molar-refractivity contribution is 7.15. The molecule has 1 heterocycles. The number of nitrogens with zero attached hydrogens (tertiary/aromatic N) is 1. The third-order valence-corrected chi connectivity index (χ3v) is 4.83. The third-order valence-electron chi connectivity index (χ3n) is 3.39. The molecule has 3 nitrogen and oxygen atoms in total. The van der Waals surface area contributed by atoms with Gasteiger partial charge in [0.05, 0.1) is 5.56 Å². The van der Waals surface area contributed by atoms with Crippen LogP contribution in [-0.2, 0) is 4.79 Å². The van der Waals surface area contributed by atoms with Crippen molar-refractivity contribution < 1.29 is 35.5 Å². The second-order valence-corrected chi connectivity index (χ2v) is 6.91. The first-order valence-electron chi connectivity index (χ1n) is 6.85. The van der Waals surface area contributed by atoms with Gasteiger partial charge in [0.25, 0.3) is 0 Å². The molecule has 0 radical (unpaired) electrons. The van der Waals surface area contributed by atoms with Crippen LogP contribution < -0.4 is 5.32 Å². The van der Waals surface area contributed by atoms with Crippen LogP contribution in [0, 0.1) is 11.3 Å². The number of anilines is 1. The second-order valence-electron chi connectivity index (χ2n) is 5.19. The van der Waals surface area contributed by atoms with Crippen molar-refractivity contribution in [2.24, 2.45) is 0 Å². The van der Waals surface area contributed by atoms with Crippen molar-refractivity contribution in [2.75, 3.05) is 5.32 Å². The smallest absolute Gasteiger partial charge is 0.311 e. The Morgan fingerprint density at radius 3 is 2.18 bits per heavy atom. The molecule has 28 heavy (non-hydrogen) atoms. The van der Waals surface area contributed by atoms with Crippen molar-refractivity contribution in [3.63, 3.8) is 0 Å². The molecule has 0 bridgehead atoms. The molecular formula is C15H5Cl2F7N2OS. The van der Waals surface area contributed by atoms with Crippen LogP contribution in [0.1, 0.15) is 5.56 Å². The van der Waals surface area contributed by atoms with Crippen molar-refractivity contribution >= 4 is 45.4 Å². The normalized spacial score (nSPS) is 12.6. The summed E-state index contributed by atoms with van der Waals surface area (Å²) in [6, 6.07) is 5.61. The summed E-state index contributed by atoms with van der Waals surface area (Å²) in [5, 5.41) is 11.3. The van der Waals surface area contributed by atoms with E-state index in [1.54, 1.807) is 6.07 Å². The Kier molecular flexibility index (Phi) is 5.90. The number of carbonyl (C=O) groups is 1. The number of nitriles is 1. The lowest BCUT2D eigenvalue weighted by atomic mass is 10.0. The fourth-order valence-corrected chi connectivity index (χ4v) is 3.39. The number of halogens is 9. The molecule has 2 rings (SSSR count). The summed E-state index contributed by atoms with van der Waals surface area (Å²) in [6.45, 7) is 0. The van der Waals surface area contributed by atoms with Gasteiger partial charge < -0.3 is 5.32 Å². The molecule has 0 unspecified atom stereocenters. The summed E-state index contributed by atoms with van der Waals surface area (Å²) in [4.78, 5) is 11.5. The fourth-order valence-electron chi connectivity index (χ4n) is 1.97. The van der Waals surface area contributed by atoms with Crippen LogP contribution in [-0.4, -0.2) is 23.9 Å². The van der Waals surface area contributed by atoms with E-state index in [4.69, 9.17) is 23.2 Å². The first-order chi connectivity index (χ1) is 12.7. The number of benzene rings is 1. The lowest BCUT2D eigenvalue weighted by Crippen LogP contribution is -2.57. The minimum Gasteiger partial charge on any atom is -0.311 e. The van der Waals surface area contributed by atoms with Crippen LogP contribution in [0.3, 0.4) is 0 Å².